The zero-order chi connectivity index (χ0) is 11.8. The molecule has 3 rings (SSSR count). The van der Waals surface area contributed by atoms with Crippen LogP contribution in [-0.4, -0.2) is 33.2 Å². The topological polar surface area (TPSA) is 78.8 Å². The Kier molecular flexibility index (Phi) is 2.45. The summed E-state index contributed by atoms with van der Waals surface area (Å²) in [5.74, 6) is 0.809. The highest BCUT2D eigenvalue weighted by atomic mass is 35.5. The second-order valence-electron chi connectivity index (χ2n) is 3.87. The number of halogens is 1. The first-order valence-electron chi connectivity index (χ1n) is 5.15. The minimum absolute atomic E-state index is 0.330. The highest BCUT2D eigenvalue weighted by Crippen LogP contribution is 2.23. The third-order valence-electron chi connectivity index (χ3n) is 2.60. The summed E-state index contributed by atoms with van der Waals surface area (Å²) in [6, 6.07) is 1.62. The Balaban J connectivity index is 1.94. The van der Waals surface area contributed by atoms with E-state index in [1.165, 1.54) is 11.0 Å². The van der Waals surface area contributed by atoms with Crippen molar-refractivity contribution in [2.24, 2.45) is 0 Å². The molecule has 0 aromatic carbocycles. The molecule has 6 nitrogen and oxygen atoms in total. The van der Waals surface area contributed by atoms with E-state index in [0.717, 1.165) is 5.69 Å². The number of hydrogen-bond acceptors (Lipinski definition) is 5. The van der Waals surface area contributed by atoms with Gasteiger partial charge in [0, 0.05) is 0 Å². The van der Waals surface area contributed by atoms with Crippen molar-refractivity contribution >= 4 is 17.3 Å². The first-order valence-corrected chi connectivity index (χ1v) is 5.53. The first kappa shape index (κ1) is 10.5. The van der Waals surface area contributed by atoms with Crippen LogP contribution in [-0.2, 0) is 4.74 Å². The van der Waals surface area contributed by atoms with Crippen LogP contribution in [0.15, 0.2) is 18.5 Å². The maximum atomic E-state index is 6.03. The molecule has 2 aromatic rings. The molecule has 17 heavy (non-hydrogen) atoms. The van der Waals surface area contributed by atoms with Crippen molar-refractivity contribution in [3.8, 4) is 5.82 Å². The number of nitrogens with two attached hydrogens (primary N) is 1. The largest absolute Gasteiger partial charge is 0.397 e. The second kappa shape index (κ2) is 3.97. The van der Waals surface area contributed by atoms with Crippen LogP contribution in [0.5, 0.6) is 0 Å². The molecule has 2 aromatic heterocycles. The van der Waals surface area contributed by atoms with Crippen molar-refractivity contribution in [1.82, 2.24) is 20.0 Å². The molecule has 88 valence electrons. The van der Waals surface area contributed by atoms with Crippen LogP contribution in [0.4, 0.5) is 5.69 Å². The van der Waals surface area contributed by atoms with Crippen LogP contribution in [0.1, 0.15) is 11.6 Å². The van der Waals surface area contributed by atoms with Crippen molar-refractivity contribution in [2.45, 2.75) is 5.92 Å². The Bertz CT molecular complexity index is 551. The van der Waals surface area contributed by atoms with Gasteiger partial charge in [-0.15, -0.1) is 4.80 Å². The molecule has 0 unspecified atom stereocenters. The summed E-state index contributed by atoms with van der Waals surface area (Å²) in [5.41, 5.74) is 6.98. The zero-order valence-corrected chi connectivity index (χ0v) is 9.63. The molecule has 0 amide bonds. The molecule has 0 saturated carbocycles. The van der Waals surface area contributed by atoms with E-state index in [-0.39, 0.29) is 0 Å². The van der Waals surface area contributed by atoms with Gasteiger partial charge in [0.25, 0.3) is 0 Å². The highest BCUT2D eigenvalue weighted by Gasteiger charge is 2.24. The smallest absolute Gasteiger partial charge is 0.193 e. The minimum Gasteiger partial charge on any atom is -0.397 e. The molecule has 0 spiro atoms. The molecular weight excluding hydrogens is 242 g/mol. The molecule has 1 fully saturated rings. The standard InChI is InChI=1S/C10H10ClN5O/c11-8-1-7(12)2-13-10(8)16-14-3-9(15-16)6-4-17-5-6/h1-3,6H,4-5,12H2. The Hall–Kier alpha value is -1.66. The Morgan fingerprint density at radius 1 is 1.41 bits per heavy atom. The van der Waals surface area contributed by atoms with Gasteiger partial charge >= 0.3 is 0 Å². The summed E-state index contributed by atoms with van der Waals surface area (Å²) in [6.07, 6.45) is 3.23. The zero-order valence-electron chi connectivity index (χ0n) is 8.88. The molecule has 1 aliphatic rings. The van der Waals surface area contributed by atoms with Crippen molar-refractivity contribution in [3.05, 3.63) is 29.2 Å². The quantitative estimate of drug-likeness (QED) is 0.862. The van der Waals surface area contributed by atoms with E-state index in [2.05, 4.69) is 15.2 Å². The van der Waals surface area contributed by atoms with Crippen molar-refractivity contribution < 1.29 is 4.74 Å². The lowest BCUT2D eigenvalue weighted by Gasteiger charge is -2.23. The molecule has 1 aliphatic heterocycles. The van der Waals surface area contributed by atoms with Gasteiger partial charge in [-0.3, -0.25) is 0 Å². The molecule has 2 N–H and O–H groups in total. The van der Waals surface area contributed by atoms with E-state index in [1.807, 2.05) is 0 Å². The van der Waals surface area contributed by atoms with Crippen LogP contribution in [0, 0.1) is 0 Å². The third kappa shape index (κ3) is 1.85. The van der Waals surface area contributed by atoms with Crippen molar-refractivity contribution in [3.63, 3.8) is 0 Å². The molecule has 0 radical (unpaired) electrons. The van der Waals surface area contributed by atoms with Gasteiger partial charge in [-0.25, -0.2) is 4.98 Å². The summed E-state index contributed by atoms with van der Waals surface area (Å²) in [4.78, 5) is 5.53. The van der Waals surface area contributed by atoms with Gasteiger partial charge in [0.05, 0.1) is 47.9 Å². The summed E-state index contributed by atoms with van der Waals surface area (Å²) in [6.45, 7) is 1.39. The van der Waals surface area contributed by atoms with E-state index in [0.29, 0.717) is 35.7 Å². The lowest BCUT2D eigenvalue weighted by Crippen LogP contribution is -2.25. The highest BCUT2D eigenvalue weighted by molar-refractivity contribution is 6.32. The van der Waals surface area contributed by atoms with Gasteiger partial charge < -0.3 is 10.5 Å². The van der Waals surface area contributed by atoms with Crippen LogP contribution >= 0.6 is 11.6 Å². The van der Waals surface area contributed by atoms with Crippen molar-refractivity contribution in [2.75, 3.05) is 18.9 Å². The maximum absolute atomic E-state index is 6.03. The Labute approximate surface area is 102 Å². The molecular formula is C10H10ClN5O. The lowest BCUT2D eigenvalue weighted by molar-refractivity contribution is 0.00657. The predicted molar refractivity (Wildman–Crippen MR) is 62.1 cm³/mol. The number of nitrogens with zero attached hydrogens (tertiary/aromatic N) is 4. The van der Waals surface area contributed by atoms with Crippen LogP contribution in [0.25, 0.3) is 5.82 Å². The molecule has 0 bridgehead atoms. The molecule has 1 saturated heterocycles. The average molecular weight is 252 g/mol. The predicted octanol–water partition coefficient (Wildman–Crippen LogP) is 1.01. The summed E-state index contributed by atoms with van der Waals surface area (Å²) >= 11 is 6.03. The fourth-order valence-corrected chi connectivity index (χ4v) is 1.81. The average Bonchev–Trinajstić information content (AvgIpc) is 2.64. The van der Waals surface area contributed by atoms with Gasteiger partial charge in [0.15, 0.2) is 5.82 Å². The Morgan fingerprint density at radius 2 is 2.24 bits per heavy atom. The maximum Gasteiger partial charge on any atom is 0.193 e. The number of pyridine rings is 1. The number of aromatic nitrogens is 4. The van der Waals surface area contributed by atoms with Gasteiger partial charge in [-0.2, -0.15) is 10.2 Å². The van der Waals surface area contributed by atoms with E-state index in [1.54, 1.807) is 12.3 Å². The van der Waals surface area contributed by atoms with Gasteiger partial charge in [0.2, 0.25) is 0 Å². The van der Waals surface area contributed by atoms with E-state index < -0.39 is 0 Å². The van der Waals surface area contributed by atoms with Crippen molar-refractivity contribution in [1.29, 1.82) is 0 Å². The molecule has 0 aliphatic carbocycles. The van der Waals surface area contributed by atoms with E-state index in [9.17, 15) is 0 Å². The lowest BCUT2D eigenvalue weighted by atomic mass is 10.1. The SMILES string of the molecule is Nc1cnc(-n2ncc(C3COC3)n2)c(Cl)c1. The number of hydrogen-bond donors (Lipinski definition) is 1. The molecule has 3 heterocycles. The van der Waals surface area contributed by atoms with Gasteiger partial charge in [-0.1, -0.05) is 11.6 Å². The van der Waals surface area contributed by atoms with Gasteiger partial charge in [-0.05, 0) is 6.07 Å². The summed E-state index contributed by atoms with van der Waals surface area (Å²) in [7, 11) is 0. The molecule has 0 atom stereocenters. The third-order valence-corrected chi connectivity index (χ3v) is 2.88. The fourth-order valence-electron chi connectivity index (χ4n) is 1.56. The first-order chi connectivity index (χ1) is 8.24. The molecule has 7 heteroatoms. The van der Waals surface area contributed by atoms with E-state index >= 15 is 0 Å². The Morgan fingerprint density at radius 3 is 2.88 bits per heavy atom. The van der Waals surface area contributed by atoms with Gasteiger partial charge in [0.1, 0.15) is 0 Å². The fraction of sp³-hybridized carbons (Fsp3) is 0.300. The monoisotopic (exact) mass is 251 g/mol. The number of rotatable bonds is 2. The van der Waals surface area contributed by atoms with Crippen LogP contribution in [0.3, 0.4) is 0 Å². The van der Waals surface area contributed by atoms with E-state index in [4.69, 9.17) is 22.1 Å². The normalized spacial score (nSPS) is 15.8. The minimum atomic E-state index is 0.330. The van der Waals surface area contributed by atoms with Crippen LogP contribution < -0.4 is 5.73 Å². The second-order valence-corrected chi connectivity index (χ2v) is 4.27. The number of anilines is 1. The number of ether oxygens (including phenoxy) is 1. The summed E-state index contributed by atoms with van der Waals surface area (Å²) in [5, 5.41) is 8.90. The summed E-state index contributed by atoms with van der Waals surface area (Å²) < 4.78 is 5.11. The van der Waals surface area contributed by atoms with Crippen LogP contribution in [0.2, 0.25) is 5.02 Å². The number of nitrogen functional groups attached to an aromatic ring is 1.